The fraction of sp³-hybridized carbons (Fsp3) is 0. The average molecular weight is 358 g/mol. The van der Waals surface area contributed by atoms with Crippen LogP contribution in [0.4, 0.5) is 0 Å². The first-order valence-corrected chi connectivity index (χ1v) is 8.80. The van der Waals surface area contributed by atoms with E-state index in [4.69, 9.17) is 13.6 Å². The van der Waals surface area contributed by atoms with Crippen molar-refractivity contribution in [3.63, 3.8) is 0 Å². The minimum Gasteiger partial charge on any atom is -0.508 e. The fourth-order valence-corrected chi connectivity index (χ4v) is 3.19. The SMILES string of the molecule is O=P(Oc1ccccc1)(Oc1ccc(O)cc1)Oc1ccc(O)cc1. The van der Waals surface area contributed by atoms with Crippen LogP contribution in [0, 0.1) is 0 Å². The van der Waals surface area contributed by atoms with Gasteiger partial charge in [0.05, 0.1) is 0 Å². The van der Waals surface area contributed by atoms with Crippen molar-refractivity contribution in [2.24, 2.45) is 0 Å². The Balaban J connectivity index is 1.87. The summed E-state index contributed by atoms with van der Waals surface area (Å²) in [6.45, 7) is 0. The lowest BCUT2D eigenvalue weighted by molar-refractivity contribution is 0.298. The topological polar surface area (TPSA) is 85.2 Å². The second kappa shape index (κ2) is 7.20. The van der Waals surface area contributed by atoms with Crippen molar-refractivity contribution in [2.45, 2.75) is 0 Å². The van der Waals surface area contributed by atoms with Crippen LogP contribution in [-0.2, 0) is 4.57 Å². The number of hydrogen-bond acceptors (Lipinski definition) is 6. The molecule has 25 heavy (non-hydrogen) atoms. The number of aromatic hydroxyl groups is 2. The summed E-state index contributed by atoms with van der Waals surface area (Å²) < 4.78 is 29.4. The summed E-state index contributed by atoms with van der Waals surface area (Å²) in [7, 11) is -4.08. The van der Waals surface area contributed by atoms with Gasteiger partial charge in [0.25, 0.3) is 0 Å². The highest BCUT2D eigenvalue weighted by atomic mass is 31.2. The van der Waals surface area contributed by atoms with Gasteiger partial charge in [0.1, 0.15) is 28.7 Å². The number of phosphoric ester groups is 1. The summed E-state index contributed by atoms with van der Waals surface area (Å²) in [5.74, 6) is 0.811. The van der Waals surface area contributed by atoms with Gasteiger partial charge in [0, 0.05) is 0 Å². The first kappa shape index (κ1) is 16.7. The molecular weight excluding hydrogens is 343 g/mol. The van der Waals surface area contributed by atoms with Crippen molar-refractivity contribution in [3.05, 3.63) is 78.9 Å². The molecule has 0 spiro atoms. The van der Waals surface area contributed by atoms with Crippen LogP contribution in [0.2, 0.25) is 0 Å². The monoisotopic (exact) mass is 358 g/mol. The summed E-state index contributed by atoms with van der Waals surface area (Å²) in [5, 5.41) is 18.7. The van der Waals surface area contributed by atoms with Gasteiger partial charge >= 0.3 is 7.82 Å². The van der Waals surface area contributed by atoms with Crippen molar-refractivity contribution in [1.82, 2.24) is 0 Å². The number of para-hydroxylation sites is 1. The molecule has 0 atom stereocenters. The number of phenolic OH excluding ortho intramolecular Hbond substituents is 2. The maximum Gasteiger partial charge on any atom is 0.647 e. The smallest absolute Gasteiger partial charge is 0.508 e. The molecule has 0 heterocycles. The molecule has 3 aromatic rings. The first-order valence-electron chi connectivity index (χ1n) is 7.34. The van der Waals surface area contributed by atoms with Gasteiger partial charge in [-0.1, -0.05) is 18.2 Å². The minimum absolute atomic E-state index is 0.0469. The van der Waals surface area contributed by atoms with Gasteiger partial charge in [-0.15, -0.1) is 0 Å². The van der Waals surface area contributed by atoms with Crippen LogP contribution < -0.4 is 13.6 Å². The first-order chi connectivity index (χ1) is 12.0. The van der Waals surface area contributed by atoms with Crippen LogP contribution >= 0.6 is 7.82 Å². The molecule has 0 fully saturated rings. The molecular formula is C18H15O6P. The molecule has 7 heteroatoms. The minimum atomic E-state index is -4.08. The molecule has 128 valence electrons. The zero-order chi connectivity index (χ0) is 17.7. The van der Waals surface area contributed by atoms with Crippen LogP contribution in [0.15, 0.2) is 78.9 Å². The Morgan fingerprint density at radius 1 is 0.560 bits per heavy atom. The van der Waals surface area contributed by atoms with Gasteiger partial charge in [0.2, 0.25) is 0 Å². The second-order valence-electron chi connectivity index (χ2n) is 5.02. The highest BCUT2D eigenvalue weighted by Crippen LogP contribution is 2.49. The van der Waals surface area contributed by atoms with E-state index in [0.29, 0.717) is 5.75 Å². The fourth-order valence-electron chi connectivity index (χ4n) is 1.94. The van der Waals surface area contributed by atoms with Crippen molar-refractivity contribution >= 4 is 7.82 Å². The molecule has 0 radical (unpaired) electrons. The average Bonchev–Trinajstić information content (AvgIpc) is 2.60. The Morgan fingerprint density at radius 3 is 1.32 bits per heavy atom. The molecule has 0 aromatic heterocycles. The quantitative estimate of drug-likeness (QED) is 0.619. The molecule has 0 saturated carbocycles. The van der Waals surface area contributed by atoms with Crippen LogP contribution in [-0.4, -0.2) is 10.2 Å². The number of hydrogen-bond donors (Lipinski definition) is 2. The van der Waals surface area contributed by atoms with Gasteiger partial charge in [-0.2, -0.15) is 4.57 Å². The molecule has 0 aliphatic carbocycles. The van der Waals surface area contributed by atoms with Crippen molar-refractivity contribution in [2.75, 3.05) is 0 Å². The standard InChI is InChI=1S/C18H15O6P/c19-14-6-10-17(11-7-14)23-25(21,22-16-4-2-1-3-5-16)24-18-12-8-15(20)9-13-18/h1-13,19-20H. The van der Waals surface area contributed by atoms with E-state index in [1.165, 1.54) is 48.5 Å². The van der Waals surface area contributed by atoms with Gasteiger partial charge in [-0.3, -0.25) is 0 Å². The Bertz CT molecular complexity index is 811. The molecule has 3 rings (SSSR count). The van der Waals surface area contributed by atoms with E-state index in [1.807, 2.05) is 0 Å². The number of rotatable bonds is 6. The molecule has 2 N–H and O–H groups in total. The molecule has 3 aromatic carbocycles. The zero-order valence-corrected chi connectivity index (χ0v) is 13.9. The zero-order valence-electron chi connectivity index (χ0n) is 13.0. The molecule has 0 aliphatic heterocycles. The normalized spacial score (nSPS) is 10.9. The second-order valence-corrected chi connectivity index (χ2v) is 6.46. The Labute approximate surface area is 144 Å². The Morgan fingerprint density at radius 2 is 0.920 bits per heavy atom. The molecule has 0 aliphatic rings. The van der Waals surface area contributed by atoms with Crippen LogP contribution in [0.3, 0.4) is 0 Å². The van der Waals surface area contributed by atoms with E-state index in [-0.39, 0.29) is 23.0 Å². The lowest BCUT2D eigenvalue weighted by Crippen LogP contribution is -2.07. The summed E-state index contributed by atoms with van der Waals surface area (Å²) in [6.07, 6.45) is 0. The third-order valence-electron chi connectivity index (χ3n) is 3.07. The Hall–Kier alpha value is -3.11. The lowest BCUT2D eigenvalue weighted by atomic mass is 10.3. The predicted octanol–water partition coefficient (Wildman–Crippen LogP) is 4.74. The van der Waals surface area contributed by atoms with Crippen LogP contribution in [0.5, 0.6) is 28.7 Å². The molecule has 0 amide bonds. The van der Waals surface area contributed by atoms with Crippen molar-refractivity contribution < 1.29 is 28.3 Å². The largest absolute Gasteiger partial charge is 0.647 e. The van der Waals surface area contributed by atoms with E-state index >= 15 is 0 Å². The third-order valence-corrected chi connectivity index (χ3v) is 4.37. The van der Waals surface area contributed by atoms with E-state index in [1.54, 1.807) is 30.3 Å². The van der Waals surface area contributed by atoms with Crippen molar-refractivity contribution in [1.29, 1.82) is 0 Å². The van der Waals surface area contributed by atoms with Gasteiger partial charge in [-0.25, -0.2) is 0 Å². The summed E-state index contributed by atoms with van der Waals surface area (Å²) in [4.78, 5) is 0. The van der Waals surface area contributed by atoms with Gasteiger partial charge in [-0.05, 0) is 60.7 Å². The van der Waals surface area contributed by atoms with Crippen molar-refractivity contribution in [3.8, 4) is 28.7 Å². The van der Waals surface area contributed by atoms with Gasteiger partial charge < -0.3 is 23.8 Å². The number of phosphoric acid groups is 1. The lowest BCUT2D eigenvalue weighted by Gasteiger charge is -2.19. The maximum atomic E-state index is 13.1. The Kier molecular flexibility index (Phi) is 4.82. The maximum absolute atomic E-state index is 13.1. The van der Waals surface area contributed by atoms with Crippen LogP contribution in [0.1, 0.15) is 0 Å². The molecule has 0 bridgehead atoms. The van der Waals surface area contributed by atoms with E-state index in [0.717, 1.165) is 0 Å². The third kappa shape index (κ3) is 4.68. The summed E-state index contributed by atoms with van der Waals surface area (Å²) in [6, 6.07) is 19.8. The number of phenols is 2. The summed E-state index contributed by atoms with van der Waals surface area (Å²) >= 11 is 0. The summed E-state index contributed by atoms with van der Waals surface area (Å²) in [5.41, 5.74) is 0. The highest BCUT2D eigenvalue weighted by molar-refractivity contribution is 7.49. The molecule has 0 unspecified atom stereocenters. The van der Waals surface area contributed by atoms with Crippen LogP contribution in [0.25, 0.3) is 0 Å². The van der Waals surface area contributed by atoms with E-state index < -0.39 is 7.82 Å². The molecule has 0 saturated heterocycles. The predicted molar refractivity (Wildman–Crippen MR) is 92.1 cm³/mol. The van der Waals surface area contributed by atoms with E-state index in [9.17, 15) is 14.8 Å². The number of benzene rings is 3. The molecule has 6 nitrogen and oxygen atoms in total. The highest BCUT2D eigenvalue weighted by Gasteiger charge is 2.33. The van der Waals surface area contributed by atoms with E-state index in [2.05, 4.69) is 0 Å². The van der Waals surface area contributed by atoms with Gasteiger partial charge in [0.15, 0.2) is 0 Å².